The van der Waals surface area contributed by atoms with E-state index in [0.717, 1.165) is 37.6 Å². The molecule has 0 radical (unpaired) electrons. The van der Waals surface area contributed by atoms with Crippen LogP contribution in [0, 0.1) is 19.7 Å². The fourth-order valence-electron chi connectivity index (χ4n) is 3.13. The molecule has 6 heteroatoms. The number of fused-ring (bicyclic) bond motifs is 1. The Morgan fingerprint density at radius 1 is 1.04 bits per heavy atom. The first-order chi connectivity index (χ1) is 13.0. The molecule has 0 aliphatic carbocycles. The summed E-state index contributed by atoms with van der Waals surface area (Å²) in [4.78, 5) is 11.3. The molecule has 4 aromatic rings. The maximum Gasteiger partial charge on any atom is 0.139 e. The van der Waals surface area contributed by atoms with Crippen LogP contribution in [-0.2, 0) is 6.54 Å². The van der Waals surface area contributed by atoms with Crippen molar-refractivity contribution in [1.82, 2.24) is 9.97 Å². The van der Waals surface area contributed by atoms with Gasteiger partial charge in [-0.1, -0.05) is 41.9 Å². The molecular formula is C21H17ClFN3S. The zero-order valence-corrected chi connectivity index (χ0v) is 16.5. The van der Waals surface area contributed by atoms with Crippen molar-refractivity contribution in [2.24, 2.45) is 0 Å². The summed E-state index contributed by atoms with van der Waals surface area (Å²) < 4.78 is 13.4. The summed E-state index contributed by atoms with van der Waals surface area (Å²) in [6.45, 7) is 4.49. The Bertz CT molecular complexity index is 1120. The first-order valence-electron chi connectivity index (χ1n) is 8.54. The van der Waals surface area contributed by atoms with Crippen molar-refractivity contribution in [3.63, 3.8) is 0 Å². The van der Waals surface area contributed by atoms with E-state index in [1.807, 2.05) is 31.2 Å². The number of aryl methyl sites for hydroxylation is 2. The summed E-state index contributed by atoms with van der Waals surface area (Å²) in [5.74, 6) is 1.22. The molecule has 0 aliphatic rings. The van der Waals surface area contributed by atoms with Crippen molar-refractivity contribution in [3.8, 4) is 11.1 Å². The van der Waals surface area contributed by atoms with Crippen molar-refractivity contribution in [1.29, 1.82) is 0 Å². The molecule has 4 rings (SSSR count). The van der Waals surface area contributed by atoms with Crippen LogP contribution < -0.4 is 5.32 Å². The fourth-order valence-corrected chi connectivity index (χ4v) is 4.42. The van der Waals surface area contributed by atoms with Crippen molar-refractivity contribution >= 4 is 39.0 Å². The molecule has 1 N–H and O–H groups in total. The van der Waals surface area contributed by atoms with Crippen LogP contribution in [0.3, 0.4) is 0 Å². The summed E-state index contributed by atoms with van der Waals surface area (Å²) in [7, 11) is 0. The molecule has 0 spiro atoms. The lowest BCUT2D eigenvalue weighted by Gasteiger charge is -2.11. The molecule has 2 aromatic heterocycles. The van der Waals surface area contributed by atoms with Crippen molar-refractivity contribution in [2.45, 2.75) is 20.4 Å². The third kappa shape index (κ3) is 3.53. The Morgan fingerprint density at radius 3 is 2.52 bits per heavy atom. The molecule has 136 valence electrons. The van der Waals surface area contributed by atoms with E-state index in [1.165, 1.54) is 12.1 Å². The molecule has 0 fully saturated rings. The zero-order chi connectivity index (χ0) is 19.0. The van der Waals surface area contributed by atoms with Gasteiger partial charge >= 0.3 is 0 Å². The SMILES string of the molecule is Cc1nc(NCc2ccccc2Cl)c2c(-c3ccc(F)cc3)c(C)sc2n1. The zero-order valence-electron chi connectivity index (χ0n) is 14.9. The maximum atomic E-state index is 13.4. The second kappa shape index (κ2) is 7.25. The summed E-state index contributed by atoms with van der Waals surface area (Å²) in [5.41, 5.74) is 2.99. The van der Waals surface area contributed by atoms with E-state index in [-0.39, 0.29) is 5.82 Å². The number of nitrogens with zero attached hydrogens (tertiary/aromatic N) is 2. The largest absolute Gasteiger partial charge is 0.365 e. The highest BCUT2D eigenvalue weighted by Crippen LogP contribution is 2.40. The van der Waals surface area contributed by atoms with Gasteiger partial charge in [0.1, 0.15) is 22.3 Å². The van der Waals surface area contributed by atoms with Gasteiger partial charge in [-0.05, 0) is 43.2 Å². The third-order valence-electron chi connectivity index (χ3n) is 4.38. The highest BCUT2D eigenvalue weighted by atomic mass is 35.5. The standard InChI is InChI=1S/C21H17ClFN3S/c1-12-18(14-7-9-16(23)10-8-14)19-20(25-13(2)26-21(19)27-12)24-11-15-5-3-4-6-17(15)22/h3-10H,11H2,1-2H3,(H,24,25,26). The topological polar surface area (TPSA) is 37.8 Å². The van der Waals surface area contributed by atoms with Gasteiger partial charge in [-0.25, -0.2) is 14.4 Å². The van der Waals surface area contributed by atoms with Crippen LogP contribution >= 0.6 is 22.9 Å². The Labute approximate surface area is 165 Å². The second-order valence-corrected chi connectivity index (χ2v) is 7.90. The lowest BCUT2D eigenvalue weighted by atomic mass is 10.0. The molecule has 27 heavy (non-hydrogen) atoms. The van der Waals surface area contributed by atoms with Crippen LogP contribution in [0.15, 0.2) is 48.5 Å². The van der Waals surface area contributed by atoms with Crippen LogP contribution in [0.1, 0.15) is 16.3 Å². The monoisotopic (exact) mass is 397 g/mol. The Morgan fingerprint density at radius 2 is 1.78 bits per heavy atom. The number of nitrogens with one attached hydrogen (secondary N) is 1. The number of hydrogen-bond acceptors (Lipinski definition) is 4. The number of benzene rings is 2. The smallest absolute Gasteiger partial charge is 0.139 e. The molecule has 0 atom stereocenters. The van der Waals surface area contributed by atoms with Gasteiger partial charge in [0.25, 0.3) is 0 Å². The minimum atomic E-state index is -0.250. The van der Waals surface area contributed by atoms with Gasteiger partial charge in [-0.15, -0.1) is 11.3 Å². The molecular weight excluding hydrogens is 381 g/mol. The van der Waals surface area contributed by atoms with Gasteiger partial charge in [0.15, 0.2) is 0 Å². The van der Waals surface area contributed by atoms with E-state index in [9.17, 15) is 4.39 Å². The summed E-state index contributed by atoms with van der Waals surface area (Å²) >= 11 is 7.90. The van der Waals surface area contributed by atoms with Gasteiger partial charge in [-0.3, -0.25) is 0 Å². The summed E-state index contributed by atoms with van der Waals surface area (Å²) in [6.07, 6.45) is 0. The summed E-state index contributed by atoms with van der Waals surface area (Å²) in [5, 5.41) is 5.09. The lowest BCUT2D eigenvalue weighted by Crippen LogP contribution is -2.04. The normalized spacial score (nSPS) is 11.1. The van der Waals surface area contributed by atoms with Gasteiger partial charge in [-0.2, -0.15) is 0 Å². The van der Waals surface area contributed by atoms with E-state index < -0.39 is 0 Å². The van der Waals surface area contributed by atoms with E-state index >= 15 is 0 Å². The lowest BCUT2D eigenvalue weighted by molar-refractivity contribution is 0.628. The van der Waals surface area contributed by atoms with Crippen molar-refractivity contribution in [3.05, 3.63) is 75.6 Å². The molecule has 2 heterocycles. The van der Waals surface area contributed by atoms with Crippen LogP contribution in [0.2, 0.25) is 5.02 Å². The number of thiophene rings is 1. The average molecular weight is 398 g/mol. The van der Waals surface area contributed by atoms with Gasteiger partial charge in [0.2, 0.25) is 0 Å². The van der Waals surface area contributed by atoms with E-state index in [0.29, 0.717) is 17.4 Å². The molecule has 0 saturated carbocycles. The molecule has 0 aliphatic heterocycles. The van der Waals surface area contributed by atoms with Crippen LogP contribution in [0.4, 0.5) is 10.2 Å². The quantitative estimate of drug-likeness (QED) is 0.434. The fraction of sp³-hybridized carbons (Fsp3) is 0.143. The Balaban J connectivity index is 1.82. The van der Waals surface area contributed by atoms with Gasteiger partial charge < -0.3 is 5.32 Å². The first-order valence-corrected chi connectivity index (χ1v) is 9.73. The minimum absolute atomic E-state index is 0.250. The second-order valence-electron chi connectivity index (χ2n) is 6.28. The Hall–Kier alpha value is -2.50. The van der Waals surface area contributed by atoms with E-state index in [2.05, 4.69) is 22.2 Å². The molecule has 0 amide bonds. The summed E-state index contributed by atoms with van der Waals surface area (Å²) in [6, 6.07) is 14.3. The predicted molar refractivity (Wildman–Crippen MR) is 111 cm³/mol. The van der Waals surface area contributed by atoms with E-state index in [4.69, 9.17) is 11.6 Å². The molecule has 3 nitrogen and oxygen atoms in total. The average Bonchev–Trinajstić information content (AvgIpc) is 2.97. The van der Waals surface area contributed by atoms with Crippen LogP contribution in [0.25, 0.3) is 21.3 Å². The molecule has 2 aromatic carbocycles. The number of rotatable bonds is 4. The Kier molecular flexibility index (Phi) is 4.81. The predicted octanol–water partition coefficient (Wildman–Crippen LogP) is 6.38. The molecule has 0 bridgehead atoms. The van der Waals surface area contributed by atoms with Crippen molar-refractivity contribution < 1.29 is 4.39 Å². The third-order valence-corrected chi connectivity index (χ3v) is 5.74. The highest BCUT2D eigenvalue weighted by Gasteiger charge is 2.18. The molecule has 0 saturated heterocycles. The highest BCUT2D eigenvalue weighted by molar-refractivity contribution is 7.19. The minimum Gasteiger partial charge on any atom is -0.365 e. The number of anilines is 1. The number of aromatic nitrogens is 2. The van der Waals surface area contributed by atoms with Gasteiger partial charge in [0, 0.05) is 22.0 Å². The maximum absolute atomic E-state index is 13.4. The van der Waals surface area contributed by atoms with Gasteiger partial charge in [0.05, 0.1) is 5.39 Å². The molecule has 0 unspecified atom stereocenters. The van der Waals surface area contributed by atoms with Crippen LogP contribution in [0.5, 0.6) is 0 Å². The van der Waals surface area contributed by atoms with E-state index in [1.54, 1.807) is 23.5 Å². The van der Waals surface area contributed by atoms with Crippen LogP contribution in [-0.4, -0.2) is 9.97 Å². The first kappa shape index (κ1) is 17.9. The number of hydrogen-bond donors (Lipinski definition) is 1. The number of halogens is 2. The van der Waals surface area contributed by atoms with Crippen molar-refractivity contribution in [2.75, 3.05) is 5.32 Å².